The van der Waals surface area contributed by atoms with Crippen molar-refractivity contribution in [2.45, 2.75) is 52.1 Å². The van der Waals surface area contributed by atoms with Gasteiger partial charge in [-0.3, -0.25) is 9.59 Å². The zero-order valence-corrected chi connectivity index (χ0v) is 24.7. The van der Waals surface area contributed by atoms with Crippen molar-refractivity contribution >= 4 is 29.1 Å². The second-order valence-corrected chi connectivity index (χ2v) is 11.3. The lowest BCUT2D eigenvalue weighted by atomic mass is 9.83. The first-order valence-corrected chi connectivity index (χ1v) is 14.2. The number of halogens is 1. The van der Waals surface area contributed by atoms with Crippen LogP contribution in [-0.4, -0.2) is 48.5 Å². The van der Waals surface area contributed by atoms with E-state index in [2.05, 4.69) is 29.4 Å². The summed E-state index contributed by atoms with van der Waals surface area (Å²) in [6.07, 6.45) is 0.511. The number of benzene rings is 3. The maximum absolute atomic E-state index is 13.3. The van der Waals surface area contributed by atoms with Gasteiger partial charge in [-0.25, -0.2) is 0 Å². The van der Waals surface area contributed by atoms with Gasteiger partial charge < -0.3 is 26.0 Å². The normalized spacial score (nSPS) is 16.6. The van der Waals surface area contributed by atoms with Gasteiger partial charge in [-0.05, 0) is 81.7 Å². The van der Waals surface area contributed by atoms with Crippen molar-refractivity contribution in [3.8, 4) is 5.75 Å². The Morgan fingerprint density at radius 1 is 1.05 bits per heavy atom. The van der Waals surface area contributed by atoms with E-state index >= 15 is 0 Å². The molecule has 40 heavy (non-hydrogen) atoms. The van der Waals surface area contributed by atoms with Crippen molar-refractivity contribution < 1.29 is 14.3 Å². The molecule has 0 aliphatic carbocycles. The Kier molecular flexibility index (Phi) is 8.88. The minimum atomic E-state index is -1.45. The van der Waals surface area contributed by atoms with Crippen molar-refractivity contribution in [2.75, 3.05) is 31.6 Å². The molecular weight excluding hydrogens is 524 g/mol. The highest BCUT2D eigenvalue weighted by molar-refractivity contribution is 6.32. The first kappa shape index (κ1) is 29.6. The Hall–Kier alpha value is -3.39. The second kappa shape index (κ2) is 12.0. The van der Waals surface area contributed by atoms with E-state index in [0.29, 0.717) is 46.2 Å². The number of carbonyl (C=O) groups excluding carboxylic acids is 2. The Bertz CT molecular complexity index is 1390. The van der Waals surface area contributed by atoms with Gasteiger partial charge in [-0.2, -0.15) is 0 Å². The zero-order chi connectivity index (χ0) is 29.1. The molecule has 0 saturated heterocycles. The van der Waals surface area contributed by atoms with Crippen molar-refractivity contribution in [3.63, 3.8) is 0 Å². The summed E-state index contributed by atoms with van der Waals surface area (Å²) in [6.45, 7) is 13.3. The summed E-state index contributed by atoms with van der Waals surface area (Å²) in [5, 5.41) is 6.59. The van der Waals surface area contributed by atoms with Gasteiger partial charge in [-0.15, -0.1) is 0 Å². The molecule has 0 fully saturated rings. The fourth-order valence-corrected chi connectivity index (χ4v) is 5.61. The molecule has 2 amide bonds. The van der Waals surface area contributed by atoms with Crippen LogP contribution in [0.5, 0.6) is 5.75 Å². The molecule has 212 valence electrons. The number of hydrogen-bond donors (Lipinski definition) is 3. The minimum Gasteiger partial charge on any atom is -0.494 e. The Labute approximate surface area is 242 Å². The number of anilines is 1. The van der Waals surface area contributed by atoms with Crippen LogP contribution in [-0.2, 0) is 16.8 Å². The van der Waals surface area contributed by atoms with E-state index in [1.165, 1.54) is 0 Å². The summed E-state index contributed by atoms with van der Waals surface area (Å²) in [7, 11) is 0. The molecule has 3 aromatic carbocycles. The van der Waals surface area contributed by atoms with Crippen LogP contribution in [0.15, 0.2) is 60.7 Å². The van der Waals surface area contributed by atoms with E-state index in [-0.39, 0.29) is 17.4 Å². The van der Waals surface area contributed by atoms with Crippen LogP contribution in [0.2, 0.25) is 5.02 Å². The first-order chi connectivity index (χ1) is 19.0. The summed E-state index contributed by atoms with van der Waals surface area (Å²) >= 11 is 6.49. The number of amides is 2. The fraction of sp³-hybridized carbons (Fsp3) is 0.375. The summed E-state index contributed by atoms with van der Waals surface area (Å²) in [6, 6.07) is 18.4. The van der Waals surface area contributed by atoms with Crippen LogP contribution >= 0.6 is 11.6 Å². The van der Waals surface area contributed by atoms with Crippen LogP contribution in [0.4, 0.5) is 5.69 Å². The quantitative estimate of drug-likeness (QED) is 0.293. The molecular formula is C32H39ClN4O3. The van der Waals surface area contributed by atoms with Gasteiger partial charge in [0, 0.05) is 33.8 Å². The van der Waals surface area contributed by atoms with Crippen LogP contribution < -0.4 is 21.1 Å². The smallest absolute Gasteiger partial charge is 0.253 e. The van der Waals surface area contributed by atoms with Crippen molar-refractivity contribution in [2.24, 2.45) is 5.73 Å². The number of hydrogen-bond acceptors (Lipinski definition) is 5. The molecule has 7 nitrogen and oxygen atoms in total. The number of nitrogens with one attached hydrogen (secondary N) is 2. The van der Waals surface area contributed by atoms with Gasteiger partial charge >= 0.3 is 0 Å². The molecule has 1 aliphatic heterocycles. The Balaban J connectivity index is 1.61. The number of nitrogens with two attached hydrogens (primary N) is 1. The van der Waals surface area contributed by atoms with Gasteiger partial charge in [0.05, 0.1) is 12.3 Å². The van der Waals surface area contributed by atoms with E-state index < -0.39 is 5.54 Å². The maximum Gasteiger partial charge on any atom is 0.253 e. The zero-order valence-electron chi connectivity index (χ0n) is 23.9. The van der Waals surface area contributed by atoms with Crippen LogP contribution in [0.3, 0.4) is 0 Å². The molecule has 1 atom stereocenters. The van der Waals surface area contributed by atoms with E-state index in [4.69, 9.17) is 22.1 Å². The van der Waals surface area contributed by atoms with Gasteiger partial charge in [0.2, 0.25) is 0 Å². The number of fused-ring (bicyclic) bond motifs is 1. The van der Waals surface area contributed by atoms with Crippen molar-refractivity contribution in [1.82, 2.24) is 10.2 Å². The number of nitrogens with zero attached hydrogens (tertiary/aromatic N) is 1. The highest BCUT2D eigenvalue weighted by Gasteiger charge is 2.47. The molecule has 1 aliphatic rings. The molecule has 0 aromatic heterocycles. The summed E-state index contributed by atoms with van der Waals surface area (Å²) in [5.74, 6) is 0.175. The molecule has 0 bridgehead atoms. The van der Waals surface area contributed by atoms with E-state index in [9.17, 15) is 9.59 Å². The summed E-state index contributed by atoms with van der Waals surface area (Å²) in [4.78, 5) is 28.6. The lowest BCUT2D eigenvalue weighted by Gasteiger charge is -2.32. The predicted octanol–water partition coefficient (Wildman–Crippen LogP) is 5.33. The second-order valence-electron chi connectivity index (χ2n) is 10.9. The molecule has 0 saturated carbocycles. The fourth-order valence-electron chi connectivity index (χ4n) is 5.32. The molecule has 8 heteroatoms. The predicted molar refractivity (Wildman–Crippen MR) is 161 cm³/mol. The third kappa shape index (κ3) is 6.02. The summed E-state index contributed by atoms with van der Waals surface area (Å²) in [5.41, 5.74) is 9.27. The molecule has 1 unspecified atom stereocenters. The highest BCUT2D eigenvalue weighted by atomic mass is 35.5. The molecule has 3 aromatic rings. The number of rotatable bonds is 11. The number of likely N-dealkylation sites (N-methyl/N-ethyl adjacent to an activating group) is 1. The van der Waals surface area contributed by atoms with Crippen molar-refractivity contribution in [1.29, 1.82) is 0 Å². The third-order valence-corrected chi connectivity index (χ3v) is 7.73. The van der Waals surface area contributed by atoms with Crippen LogP contribution in [0.1, 0.15) is 67.2 Å². The van der Waals surface area contributed by atoms with Crippen LogP contribution in [0.25, 0.3) is 0 Å². The molecule has 4 N–H and O–H groups in total. The van der Waals surface area contributed by atoms with E-state index in [0.717, 1.165) is 30.8 Å². The van der Waals surface area contributed by atoms with Gasteiger partial charge in [0.1, 0.15) is 5.75 Å². The van der Waals surface area contributed by atoms with E-state index in [1.54, 1.807) is 18.2 Å². The van der Waals surface area contributed by atoms with Gasteiger partial charge in [0.15, 0.2) is 5.54 Å². The SMILES string of the molecule is CCOc1cc(Cc2ccc(C(=O)NC(C)(C)CN(CC)CC)cc2)c2c(c1)C(N)(c1ccccc1Cl)C(=O)N2. The largest absolute Gasteiger partial charge is 0.494 e. The van der Waals surface area contributed by atoms with Gasteiger partial charge in [-0.1, -0.05) is 55.8 Å². The average Bonchev–Trinajstić information content (AvgIpc) is 3.18. The summed E-state index contributed by atoms with van der Waals surface area (Å²) < 4.78 is 5.86. The van der Waals surface area contributed by atoms with Crippen molar-refractivity contribution in [3.05, 3.63) is 93.5 Å². The third-order valence-electron chi connectivity index (χ3n) is 7.40. The maximum atomic E-state index is 13.3. The number of ether oxygens (including phenoxy) is 1. The minimum absolute atomic E-state index is 0.108. The lowest BCUT2D eigenvalue weighted by molar-refractivity contribution is -0.119. The van der Waals surface area contributed by atoms with Gasteiger partial charge in [0.25, 0.3) is 11.8 Å². The Morgan fingerprint density at radius 3 is 2.35 bits per heavy atom. The average molecular weight is 563 g/mol. The van der Waals surface area contributed by atoms with Crippen LogP contribution in [0, 0.1) is 0 Å². The topological polar surface area (TPSA) is 96.7 Å². The molecule has 0 spiro atoms. The molecule has 4 rings (SSSR count). The number of carbonyl (C=O) groups is 2. The highest BCUT2D eigenvalue weighted by Crippen LogP contribution is 2.45. The monoisotopic (exact) mass is 562 g/mol. The molecule has 1 heterocycles. The van der Waals surface area contributed by atoms with E-state index in [1.807, 2.05) is 63.2 Å². The lowest BCUT2D eigenvalue weighted by Crippen LogP contribution is -2.51. The Morgan fingerprint density at radius 2 is 1.73 bits per heavy atom. The standard InChI is InChI=1S/C32H39ClN4O3/c1-6-37(7-2)20-31(4,5)36-29(38)22-15-13-21(14-16-22)17-23-18-24(40-8-3)19-26-28(23)35-30(39)32(26,34)25-11-9-10-12-27(25)33/h9-16,18-19H,6-8,17,20,34H2,1-5H3,(H,35,39)(H,36,38). The first-order valence-electron chi connectivity index (χ1n) is 13.8. The molecule has 0 radical (unpaired) electrons.